The number of nitrogens with zero attached hydrogens (tertiary/aromatic N) is 1. The zero-order chi connectivity index (χ0) is 21.9. The highest BCUT2D eigenvalue weighted by Gasteiger charge is 2.36. The molecule has 2 aromatic carbocycles. The largest absolute Gasteiger partial charge is 0.468 e. The maximum atomic E-state index is 12.2. The predicted molar refractivity (Wildman–Crippen MR) is 105 cm³/mol. The number of hydrogen-bond donors (Lipinski definition) is 1. The molecule has 156 valence electrons. The van der Waals surface area contributed by atoms with Crippen LogP contribution in [-0.4, -0.2) is 58.9 Å². The molecule has 1 aliphatic heterocycles. The SMILES string of the molecule is CC(C)(O)C(=O)c1ccc(OCOCC(=O)CN2C(=O)c3ccccc3C2=O)cc1. The van der Waals surface area contributed by atoms with Gasteiger partial charge in [0.15, 0.2) is 18.4 Å². The van der Waals surface area contributed by atoms with Gasteiger partial charge in [0, 0.05) is 5.56 Å². The van der Waals surface area contributed by atoms with E-state index in [0.717, 1.165) is 4.90 Å². The van der Waals surface area contributed by atoms with Gasteiger partial charge in [0.25, 0.3) is 11.8 Å². The van der Waals surface area contributed by atoms with Gasteiger partial charge >= 0.3 is 0 Å². The third kappa shape index (κ3) is 4.61. The molecule has 0 unspecified atom stereocenters. The van der Waals surface area contributed by atoms with Crippen LogP contribution in [-0.2, 0) is 9.53 Å². The third-order valence-electron chi connectivity index (χ3n) is 4.46. The zero-order valence-corrected chi connectivity index (χ0v) is 16.6. The molecule has 0 saturated heterocycles. The van der Waals surface area contributed by atoms with Crippen molar-refractivity contribution in [3.63, 3.8) is 0 Å². The molecule has 30 heavy (non-hydrogen) atoms. The number of amides is 2. The number of rotatable bonds is 9. The summed E-state index contributed by atoms with van der Waals surface area (Å²) in [5, 5.41) is 9.74. The van der Waals surface area contributed by atoms with Crippen molar-refractivity contribution in [2.24, 2.45) is 0 Å². The van der Waals surface area contributed by atoms with E-state index in [2.05, 4.69) is 0 Å². The molecule has 8 heteroatoms. The summed E-state index contributed by atoms with van der Waals surface area (Å²) in [4.78, 5) is 49.4. The molecular formula is C22H21NO7. The average Bonchev–Trinajstić information content (AvgIpc) is 2.95. The van der Waals surface area contributed by atoms with Crippen LogP contribution < -0.4 is 4.74 Å². The molecule has 0 aromatic heterocycles. The zero-order valence-electron chi connectivity index (χ0n) is 16.6. The van der Waals surface area contributed by atoms with E-state index in [0.29, 0.717) is 11.3 Å². The Bertz CT molecular complexity index is 954. The molecule has 8 nitrogen and oxygen atoms in total. The van der Waals surface area contributed by atoms with Gasteiger partial charge in [-0.05, 0) is 50.2 Å². The second-order valence-electron chi connectivity index (χ2n) is 7.30. The van der Waals surface area contributed by atoms with Gasteiger partial charge in [0.1, 0.15) is 18.0 Å². The summed E-state index contributed by atoms with van der Waals surface area (Å²) in [5.74, 6) is -1.44. The van der Waals surface area contributed by atoms with Crippen LogP contribution in [0.5, 0.6) is 5.75 Å². The molecule has 2 aromatic rings. The highest BCUT2D eigenvalue weighted by atomic mass is 16.7. The topological polar surface area (TPSA) is 110 Å². The van der Waals surface area contributed by atoms with Gasteiger partial charge in [-0.25, -0.2) is 0 Å². The van der Waals surface area contributed by atoms with Crippen LogP contribution in [0, 0.1) is 0 Å². The number of fused-ring (bicyclic) bond motifs is 1. The number of benzene rings is 2. The minimum atomic E-state index is -1.47. The second-order valence-corrected chi connectivity index (χ2v) is 7.30. The summed E-state index contributed by atoms with van der Waals surface area (Å²) < 4.78 is 10.5. The van der Waals surface area contributed by atoms with E-state index in [1.807, 2.05) is 0 Å². The fraction of sp³-hybridized carbons (Fsp3) is 0.273. The number of aliphatic hydroxyl groups is 1. The summed E-state index contributed by atoms with van der Waals surface area (Å²) in [6.07, 6.45) is 0. The molecule has 3 rings (SSSR count). The molecule has 0 atom stereocenters. The average molecular weight is 411 g/mol. The molecule has 1 N–H and O–H groups in total. The number of Topliss-reactive ketones (excluding diaryl/α,β-unsaturated/α-hetero) is 2. The number of ether oxygens (including phenoxy) is 2. The minimum absolute atomic E-state index is 0.230. The summed E-state index contributed by atoms with van der Waals surface area (Å²) in [5.41, 5.74) is -0.560. The van der Waals surface area contributed by atoms with E-state index in [9.17, 15) is 24.3 Å². The van der Waals surface area contributed by atoms with Crippen LogP contribution in [0.15, 0.2) is 48.5 Å². The number of carbonyl (C=O) groups is 4. The fourth-order valence-electron chi connectivity index (χ4n) is 2.93. The molecule has 1 heterocycles. The van der Waals surface area contributed by atoms with Crippen LogP contribution in [0.25, 0.3) is 0 Å². The lowest BCUT2D eigenvalue weighted by Crippen LogP contribution is -2.36. The van der Waals surface area contributed by atoms with E-state index in [4.69, 9.17) is 9.47 Å². The summed E-state index contributed by atoms with van der Waals surface area (Å²) in [7, 11) is 0. The van der Waals surface area contributed by atoms with Crippen LogP contribution >= 0.6 is 0 Å². The summed E-state index contributed by atoms with van der Waals surface area (Å²) in [6, 6.07) is 12.5. The van der Waals surface area contributed by atoms with Crippen molar-refractivity contribution in [1.82, 2.24) is 4.90 Å². The Balaban J connectivity index is 1.44. The van der Waals surface area contributed by atoms with Crippen molar-refractivity contribution < 1.29 is 33.8 Å². The van der Waals surface area contributed by atoms with E-state index < -0.39 is 29.0 Å². The van der Waals surface area contributed by atoms with Crippen molar-refractivity contribution in [1.29, 1.82) is 0 Å². The molecule has 0 fully saturated rings. The van der Waals surface area contributed by atoms with E-state index in [1.54, 1.807) is 36.4 Å². The van der Waals surface area contributed by atoms with Crippen molar-refractivity contribution >= 4 is 23.4 Å². The van der Waals surface area contributed by atoms with E-state index >= 15 is 0 Å². The number of carbonyl (C=O) groups excluding carboxylic acids is 4. The maximum absolute atomic E-state index is 12.2. The Morgan fingerprint density at radius 1 is 0.967 bits per heavy atom. The lowest BCUT2D eigenvalue weighted by atomic mass is 9.97. The molecule has 0 radical (unpaired) electrons. The first-order valence-electron chi connectivity index (χ1n) is 9.23. The molecule has 0 saturated carbocycles. The highest BCUT2D eigenvalue weighted by Crippen LogP contribution is 2.22. The predicted octanol–water partition coefficient (Wildman–Crippen LogP) is 1.86. The number of imide groups is 1. The van der Waals surface area contributed by atoms with Crippen molar-refractivity contribution in [2.45, 2.75) is 19.4 Å². The Kier molecular flexibility index (Phi) is 6.09. The van der Waals surface area contributed by atoms with Gasteiger partial charge in [0.2, 0.25) is 0 Å². The normalized spacial score (nSPS) is 13.4. The lowest BCUT2D eigenvalue weighted by Gasteiger charge is -2.15. The number of ketones is 2. The highest BCUT2D eigenvalue weighted by molar-refractivity contribution is 6.22. The Morgan fingerprint density at radius 2 is 1.53 bits per heavy atom. The van der Waals surface area contributed by atoms with Crippen LogP contribution in [0.2, 0.25) is 0 Å². The molecule has 0 aliphatic carbocycles. The van der Waals surface area contributed by atoms with Gasteiger partial charge < -0.3 is 14.6 Å². The smallest absolute Gasteiger partial charge is 0.261 e. The molecule has 0 bridgehead atoms. The number of hydrogen-bond acceptors (Lipinski definition) is 7. The van der Waals surface area contributed by atoms with Crippen LogP contribution in [0.3, 0.4) is 0 Å². The molecule has 0 spiro atoms. The van der Waals surface area contributed by atoms with Gasteiger partial charge in [-0.1, -0.05) is 12.1 Å². The van der Waals surface area contributed by atoms with E-state index in [1.165, 1.54) is 26.0 Å². The third-order valence-corrected chi connectivity index (χ3v) is 4.46. The fourth-order valence-corrected chi connectivity index (χ4v) is 2.93. The Hall–Kier alpha value is -3.36. The van der Waals surface area contributed by atoms with Gasteiger partial charge in [-0.3, -0.25) is 24.1 Å². The first-order chi connectivity index (χ1) is 14.2. The van der Waals surface area contributed by atoms with Crippen molar-refractivity contribution in [3.8, 4) is 5.75 Å². The Morgan fingerprint density at radius 3 is 2.07 bits per heavy atom. The monoisotopic (exact) mass is 411 g/mol. The summed E-state index contributed by atoms with van der Waals surface area (Å²) in [6.45, 7) is 1.88. The standard InChI is InChI=1S/C22H21NO7/c1-22(2,28)19(25)14-7-9-16(10-8-14)30-13-29-12-15(24)11-23-20(26)17-5-3-4-6-18(17)21(23)27/h3-10,28H,11-13H2,1-2H3. The molecule has 2 amide bonds. The van der Waals surface area contributed by atoms with Gasteiger partial charge in [-0.2, -0.15) is 0 Å². The maximum Gasteiger partial charge on any atom is 0.261 e. The van der Waals surface area contributed by atoms with Crippen LogP contribution in [0.1, 0.15) is 44.9 Å². The Labute approximate surface area is 173 Å². The lowest BCUT2D eigenvalue weighted by molar-refractivity contribution is -0.126. The summed E-state index contributed by atoms with van der Waals surface area (Å²) >= 11 is 0. The van der Waals surface area contributed by atoms with Crippen molar-refractivity contribution in [2.75, 3.05) is 19.9 Å². The minimum Gasteiger partial charge on any atom is -0.468 e. The van der Waals surface area contributed by atoms with Gasteiger partial charge in [-0.15, -0.1) is 0 Å². The molecule has 1 aliphatic rings. The quantitative estimate of drug-likeness (QED) is 0.290. The first-order valence-corrected chi connectivity index (χ1v) is 9.23. The molecular weight excluding hydrogens is 390 g/mol. The van der Waals surface area contributed by atoms with Gasteiger partial charge in [0.05, 0.1) is 17.7 Å². The van der Waals surface area contributed by atoms with E-state index in [-0.39, 0.29) is 31.1 Å². The first kappa shape index (κ1) is 21.4. The van der Waals surface area contributed by atoms with Crippen molar-refractivity contribution in [3.05, 3.63) is 65.2 Å². The second kappa shape index (κ2) is 8.56. The van der Waals surface area contributed by atoms with Crippen LogP contribution in [0.4, 0.5) is 0 Å².